The highest BCUT2D eigenvalue weighted by Crippen LogP contribution is 2.28. The van der Waals surface area contributed by atoms with Gasteiger partial charge in [-0.15, -0.1) is 0 Å². The maximum Gasteiger partial charge on any atom is 0.246 e. The third-order valence-electron chi connectivity index (χ3n) is 5.63. The first-order valence-electron chi connectivity index (χ1n) is 9.40. The van der Waals surface area contributed by atoms with E-state index >= 15 is 0 Å². The fourth-order valence-electron chi connectivity index (χ4n) is 4.04. The number of carbonyl (C=O) groups excluding carboxylic acids is 1. The normalized spacial score (nSPS) is 32.3. The van der Waals surface area contributed by atoms with E-state index in [4.69, 9.17) is 9.47 Å². The quantitative estimate of drug-likeness (QED) is 0.676. The highest BCUT2D eigenvalue weighted by Gasteiger charge is 2.41. The van der Waals surface area contributed by atoms with Crippen molar-refractivity contribution in [3.8, 4) is 0 Å². The maximum atomic E-state index is 12.5. The predicted molar refractivity (Wildman–Crippen MR) is 94.4 cm³/mol. The number of aliphatic hydroxyl groups is 1. The van der Waals surface area contributed by atoms with Crippen molar-refractivity contribution >= 4 is 5.91 Å². The fourth-order valence-corrected chi connectivity index (χ4v) is 4.04. The maximum absolute atomic E-state index is 12.5. The zero-order valence-electron chi connectivity index (χ0n) is 15.2. The predicted octanol–water partition coefficient (Wildman–Crippen LogP) is -0.443. The summed E-state index contributed by atoms with van der Waals surface area (Å²) in [5, 5.41) is 10.7. The van der Waals surface area contributed by atoms with Crippen LogP contribution >= 0.6 is 0 Å². The minimum absolute atomic E-state index is 0.0278. The number of hydrogen-bond donors (Lipinski definition) is 1. The Morgan fingerprint density at radius 1 is 1.12 bits per heavy atom. The number of amides is 1. The monoisotopic (exact) mass is 353 g/mol. The lowest BCUT2D eigenvalue weighted by Gasteiger charge is -2.36. The summed E-state index contributed by atoms with van der Waals surface area (Å²) < 4.78 is 10.7. The molecule has 2 heterocycles. The molecule has 1 aliphatic carbocycles. The van der Waals surface area contributed by atoms with Crippen molar-refractivity contribution < 1.29 is 19.4 Å². The Morgan fingerprint density at radius 3 is 2.44 bits per heavy atom. The van der Waals surface area contributed by atoms with Gasteiger partial charge in [0.2, 0.25) is 5.91 Å². The molecule has 3 atom stereocenters. The summed E-state index contributed by atoms with van der Waals surface area (Å²) in [7, 11) is 1.80. The van der Waals surface area contributed by atoms with Gasteiger partial charge in [-0.1, -0.05) is 6.08 Å². The average Bonchev–Trinajstić information content (AvgIpc) is 3.04. The van der Waals surface area contributed by atoms with Gasteiger partial charge in [-0.25, -0.2) is 0 Å². The van der Waals surface area contributed by atoms with E-state index in [2.05, 4.69) is 9.80 Å². The van der Waals surface area contributed by atoms with Crippen LogP contribution < -0.4 is 0 Å². The summed E-state index contributed by atoms with van der Waals surface area (Å²) in [6, 6.07) is 0.0369. The van der Waals surface area contributed by atoms with Gasteiger partial charge in [0.1, 0.15) is 0 Å². The van der Waals surface area contributed by atoms with Gasteiger partial charge in [0.15, 0.2) is 0 Å². The molecule has 1 N–H and O–H groups in total. The molecule has 0 aromatic carbocycles. The van der Waals surface area contributed by atoms with Crippen LogP contribution in [0.3, 0.4) is 0 Å². The lowest BCUT2D eigenvalue weighted by Crippen LogP contribution is -2.51. The van der Waals surface area contributed by atoms with Gasteiger partial charge >= 0.3 is 0 Å². The van der Waals surface area contributed by atoms with Crippen molar-refractivity contribution in [2.45, 2.75) is 31.0 Å². The van der Waals surface area contributed by atoms with Crippen LogP contribution in [0, 0.1) is 0 Å². The summed E-state index contributed by atoms with van der Waals surface area (Å²) in [6.07, 6.45) is 4.86. The van der Waals surface area contributed by atoms with Crippen molar-refractivity contribution in [3.63, 3.8) is 0 Å². The number of ether oxygens (including phenoxy) is 2. The molecular weight excluding hydrogens is 322 g/mol. The number of hydrogen-bond acceptors (Lipinski definition) is 6. The molecule has 1 saturated carbocycles. The molecule has 0 unspecified atom stereocenters. The molecule has 3 aliphatic rings. The van der Waals surface area contributed by atoms with Gasteiger partial charge in [-0.3, -0.25) is 14.6 Å². The van der Waals surface area contributed by atoms with Crippen LogP contribution in [0.15, 0.2) is 12.2 Å². The lowest BCUT2D eigenvalue weighted by atomic mass is 10.1. The van der Waals surface area contributed by atoms with E-state index in [0.29, 0.717) is 0 Å². The highest BCUT2D eigenvalue weighted by atomic mass is 16.5. The van der Waals surface area contributed by atoms with E-state index in [1.165, 1.54) is 0 Å². The summed E-state index contributed by atoms with van der Waals surface area (Å²) in [4.78, 5) is 18.7. The second kappa shape index (κ2) is 9.09. The van der Waals surface area contributed by atoms with Crippen LogP contribution in [0.25, 0.3) is 0 Å². The minimum Gasteiger partial charge on any atom is -0.389 e. The first-order chi connectivity index (χ1) is 12.2. The summed E-state index contributed by atoms with van der Waals surface area (Å²) in [5.41, 5.74) is 0. The van der Waals surface area contributed by atoms with Crippen molar-refractivity contribution in [2.24, 2.45) is 0 Å². The van der Waals surface area contributed by atoms with E-state index in [0.717, 1.165) is 72.0 Å². The molecule has 0 aromatic rings. The standard InChI is InChI=1S/C18H31N3O4/c1-19(17(22)3-2-6-20-7-11-24-12-8-20)15-4-5-16(18(15)23)21-9-13-25-14-10-21/h2-3,15-16,18,23H,4-14H2,1H3/b3-2+/t15-,16-,18-/m1/s1. The van der Waals surface area contributed by atoms with E-state index in [9.17, 15) is 9.90 Å². The summed E-state index contributed by atoms with van der Waals surface area (Å²) in [6.45, 7) is 7.31. The number of aliphatic hydroxyl groups excluding tert-OH is 1. The second-order valence-electron chi connectivity index (χ2n) is 7.12. The fraction of sp³-hybridized carbons (Fsp3) is 0.833. The molecular formula is C18H31N3O4. The van der Waals surface area contributed by atoms with E-state index in [-0.39, 0.29) is 18.0 Å². The van der Waals surface area contributed by atoms with Gasteiger partial charge in [0.25, 0.3) is 0 Å². The zero-order valence-corrected chi connectivity index (χ0v) is 15.2. The molecule has 0 radical (unpaired) electrons. The van der Waals surface area contributed by atoms with Crippen LogP contribution in [0.2, 0.25) is 0 Å². The molecule has 3 fully saturated rings. The van der Waals surface area contributed by atoms with Gasteiger partial charge < -0.3 is 19.5 Å². The van der Waals surface area contributed by atoms with Crippen LogP contribution in [0.5, 0.6) is 0 Å². The smallest absolute Gasteiger partial charge is 0.246 e. The SMILES string of the molecule is CN(C(=O)/C=C/CN1CCOCC1)[C@@H]1CC[C@@H](N2CCOCC2)[C@@H]1O. The summed E-state index contributed by atoms with van der Waals surface area (Å²) >= 11 is 0. The van der Waals surface area contributed by atoms with Crippen LogP contribution in [-0.4, -0.2) is 110 Å². The van der Waals surface area contributed by atoms with Crippen LogP contribution in [-0.2, 0) is 14.3 Å². The molecule has 7 heteroatoms. The largest absolute Gasteiger partial charge is 0.389 e. The number of nitrogens with zero attached hydrogens (tertiary/aromatic N) is 3. The van der Waals surface area contributed by atoms with Crippen molar-refractivity contribution in [1.29, 1.82) is 0 Å². The van der Waals surface area contributed by atoms with E-state index in [1.807, 2.05) is 6.08 Å². The average molecular weight is 353 g/mol. The number of rotatable bonds is 5. The Labute approximate surface area is 150 Å². The second-order valence-corrected chi connectivity index (χ2v) is 7.12. The Bertz CT molecular complexity index is 461. The molecule has 7 nitrogen and oxygen atoms in total. The Hall–Kier alpha value is -0.990. The molecule has 1 amide bonds. The molecule has 0 aromatic heterocycles. The lowest BCUT2D eigenvalue weighted by molar-refractivity contribution is -0.129. The van der Waals surface area contributed by atoms with Crippen molar-refractivity contribution in [2.75, 3.05) is 66.2 Å². The van der Waals surface area contributed by atoms with Crippen molar-refractivity contribution in [3.05, 3.63) is 12.2 Å². The van der Waals surface area contributed by atoms with Crippen LogP contribution in [0.1, 0.15) is 12.8 Å². The zero-order chi connectivity index (χ0) is 17.6. The van der Waals surface area contributed by atoms with Gasteiger partial charge in [0, 0.05) is 51.9 Å². The van der Waals surface area contributed by atoms with E-state index in [1.54, 1.807) is 18.0 Å². The number of morpholine rings is 2. The number of carbonyl (C=O) groups is 1. The van der Waals surface area contributed by atoms with Crippen molar-refractivity contribution in [1.82, 2.24) is 14.7 Å². The Kier molecular flexibility index (Phi) is 6.84. The Morgan fingerprint density at radius 2 is 1.76 bits per heavy atom. The summed E-state index contributed by atoms with van der Waals surface area (Å²) in [5.74, 6) is -0.0278. The number of likely N-dealkylation sites (N-methyl/N-ethyl adjacent to an activating group) is 1. The molecule has 0 bridgehead atoms. The molecule has 3 rings (SSSR count). The topological polar surface area (TPSA) is 65.5 Å². The minimum atomic E-state index is -0.486. The highest BCUT2D eigenvalue weighted by molar-refractivity contribution is 5.87. The van der Waals surface area contributed by atoms with Gasteiger partial charge in [0.05, 0.1) is 38.6 Å². The first-order valence-corrected chi connectivity index (χ1v) is 9.40. The molecule has 2 saturated heterocycles. The first kappa shape index (κ1) is 18.8. The molecule has 142 valence electrons. The molecule has 25 heavy (non-hydrogen) atoms. The van der Waals surface area contributed by atoms with Gasteiger partial charge in [-0.05, 0) is 12.8 Å². The third-order valence-corrected chi connectivity index (χ3v) is 5.63. The molecule has 0 spiro atoms. The Balaban J connectivity index is 1.48. The van der Waals surface area contributed by atoms with E-state index < -0.39 is 6.10 Å². The van der Waals surface area contributed by atoms with Crippen LogP contribution in [0.4, 0.5) is 0 Å². The molecule has 2 aliphatic heterocycles. The van der Waals surface area contributed by atoms with Gasteiger partial charge in [-0.2, -0.15) is 0 Å². The third kappa shape index (κ3) is 4.80.